The highest BCUT2D eigenvalue weighted by atomic mass is 15.3. The van der Waals surface area contributed by atoms with Crippen LogP contribution in [0.3, 0.4) is 0 Å². The van der Waals surface area contributed by atoms with E-state index in [1.54, 1.807) is 0 Å². The molecule has 0 aromatic carbocycles. The number of likely N-dealkylation sites (N-methyl/N-ethyl adjacent to an activating group) is 1. The fourth-order valence-corrected chi connectivity index (χ4v) is 2.51. The van der Waals surface area contributed by atoms with Crippen LogP contribution >= 0.6 is 0 Å². The number of piperazine rings is 1. The Labute approximate surface area is 101 Å². The van der Waals surface area contributed by atoms with Gasteiger partial charge in [-0.1, -0.05) is 13.8 Å². The van der Waals surface area contributed by atoms with Gasteiger partial charge in [0.05, 0.1) is 0 Å². The van der Waals surface area contributed by atoms with Gasteiger partial charge in [-0.2, -0.15) is 0 Å². The molecule has 0 spiro atoms. The van der Waals surface area contributed by atoms with Crippen molar-refractivity contribution >= 4 is 0 Å². The zero-order valence-electron chi connectivity index (χ0n) is 11.5. The molecule has 1 aliphatic rings. The molecule has 2 atom stereocenters. The van der Waals surface area contributed by atoms with E-state index in [-0.39, 0.29) is 0 Å². The van der Waals surface area contributed by atoms with E-state index in [0.29, 0.717) is 12.1 Å². The molecule has 0 radical (unpaired) electrons. The molecule has 0 aromatic rings. The Morgan fingerprint density at radius 1 is 1.31 bits per heavy atom. The van der Waals surface area contributed by atoms with Crippen LogP contribution in [-0.2, 0) is 0 Å². The fourth-order valence-electron chi connectivity index (χ4n) is 2.51. The van der Waals surface area contributed by atoms with Gasteiger partial charge in [-0.25, -0.2) is 0 Å². The van der Waals surface area contributed by atoms with Gasteiger partial charge in [0.2, 0.25) is 0 Å². The Kier molecular flexibility index (Phi) is 6.32. The average Bonchev–Trinajstić information content (AvgIpc) is 2.29. The third-order valence-corrected chi connectivity index (χ3v) is 3.69. The molecule has 1 N–H and O–H groups in total. The maximum absolute atomic E-state index is 3.52. The lowest BCUT2D eigenvalue weighted by Crippen LogP contribution is -2.55. The molecule has 0 bridgehead atoms. The lowest BCUT2D eigenvalue weighted by molar-refractivity contribution is 0.0637. The minimum Gasteiger partial charge on any atom is -0.315 e. The van der Waals surface area contributed by atoms with Gasteiger partial charge in [-0.05, 0) is 33.4 Å². The van der Waals surface area contributed by atoms with Gasteiger partial charge < -0.3 is 5.32 Å². The van der Waals surface area contributed by atoms with Crippen LogP contribution in [0.1, 0.15) is 34.1 Å². The van der Waals surface area contributed by atoms with Crippen LogP contribution in [0.2, 0.25) is 0 Å². The number of hydrogen-bond donors (Lipinski definition) is 1. The number of hydrogen-bond acceptors (Lipinski definition) is 3. The van der Waals surface area contributed by atoms with E-state index in [4.69, 9.17) is 0 Å². The Hall–Kier alpha value is -0.120. The molecule has 1 rings (SSSR count). The molecule has 0 aliphatic carbocycles. The smallest absolute Gasteiger partial charge is 0.0195 e. The summed E-state index contributed by atoms with van der Waals surface area (Å²) in [7, 11) is 0. The van der Waals surface area contributed by atoms with Crippen LogP contribution in [0.4, 0.5) is 0 Å². The van der Waals surface area contributed by atoms with E-state index < -0.39 is 0 Å². The molecule has 96 valence electrons. The molecule has 0 aromatic heterocycles. The molecule has 16 heavy (non-hydrogen) atoms. The quantitative estimate of drug-likeness (QED) is 0.692. The van der Waals surface area contributed by atoms with Crippen LogP contribution in [-0.4, -0.2) is 61.2 Å². The third kappa shape index (κ3) is 4.04. The topological polar surface area (TPSA) is 18.5 Å². The summed E-state index contributed by atoms with van der Waals surface area (Å²) in [5.74, 6) is 0. The summed E-state index contributed by atoms with van der Waals surface area (Å²) in [5.41, 5.74) is 0. The van der Waals surface area contributed by atoms with Gasteiger partial charge in [0.15, 0.2) is 0 Å². The molecular formula is C13H29N3. The van der Waals surface area contributed by atoms with Crippen molar-refractivity contribution in [2.45, 2.75) is 46.2 Å². The first kappa shape index (κ1) is 13.9. The molecular weight excluding hydrogens is 198 g/mol. The summed E-state index contributed by atoms with van der Waals surface area (Å²) in [4.78, 5) is 5.20. The van der Waals surface area contributed by atoms with Gasteiger partial charge in [-0.3, -0.25) is 9.80 Å². The van der Waals surface area contributed by atoms with Crippen LogP contribution in [0.15, 0.2) is 0 Å². The van der Waals surface area contributed by atoms with Crippen LogP contribution in [0, 0.1) is 0 Å². The second-order valence-corrected chi connectivity index (χ2v) is 5.03. The summed E-state index contributed by atoms with van der Waals surface area (Å²) in [6.07, 6.45) is 1.23. The van der Waals surface area contributed by atoms with E-state index in [0.717, 1.165) is 13.1 Å². The maximum atomic E-state index is 3.52. The summed E-state index contributed by atoms with van der Waals surface area (Å²) in [6.45, 7) is 16.3. The first-order valence-corrected chi connectivity index (χ1v) is 6.87. The normalized spacial score (nSPS) is 25.9. The van der Waals surface area contributed by atoms with Crippen molar-refractivity contribution in [1.82, 2.24) is 15.1 Å². The van der Waals surface area contributed by atoms with Gasteiger partial charge in [0.1, 0.15) is 0 Å². The summed E-state index contributed by atoms with van der Waals surface area (Å²) in [6, 6.07) is 1.39. The predicted molar refractivity (Wildman–Crippen MR) is 70.9 cm³/mol. The summed E-state index contributed by atoms with van der Waals surface area (Å²) in [5, 5.41) is 3.52. The molecule has 2 unspecified atom stereocenters. The van der Waals surface area contributed by atoms with E-state index >= 15 is 0 Å². The van der Waals surface area contributed by atoms with Gasteiger partial charge >= 0.3 is 0 Å². The zero-order valence-corrected chi connectivity index (χ0v) is 11.5. The average molecular weight is 227 g/mol. The van der Waals surface area contributed by atoms with Gasteiger partial charge in [0.25, 0.3) is 0 Å². The maximum Gasteiger partial charge on any atom is 0.0195 e. The summed E-state index contributed by atoms with van der Waals surface area (Å²) < 4.78 is 0. The van der Waals surface area contributed by atoms with Crippen molar-refractivity contribution < 1.29 is 0 Å². The van der Waals surface area contributed by atoms with Crippen molar-refractivity contribution in [3.63, 3.8) is 0 Å². The van der Waals surface area contributed by atoms with Gasteiger partial charge in [0, 0.05) is 38.3 Å². The van der Waals surface area contributed by atoms with Crippen molar-refractivity contribution in [3.8, 4) is 0 Å². The fraction of sp³-hybridized carbons (Fsp3) is 1.00. The molecule has 0 saturated carbocycles. The van der Waals surface area contributed by atoms with Crippen molar-refractivity contribution in [2.24, 2.45) is 0 Å². The monoisotopic (exact) mass is 227 g/mol. The minimum absolute atomic E-state index is 0.674. The third-order valence-electron chi connectivity index (χ3n) is 3.69. The minimum atomic E-state index is 0.674. The lowest BCUT2D eigenvalue weighted by atomic mass is 10.1. The highest BCUT2D eigenvalue weighted by Gasteiger charge is 2.24. The van der Waals surface area contributed by atoms with Gasteiger partial charge in [-0.15, -0.1) is 0 Å². The Morgan fingerprint density at radius 2 is 2.06 bits per heavy atom. The molecule has 1 aliphatic heterocycles. The Morgan fingerprint density at radius 3 is 2.62 bits per heavy atom. The number of rotatable bonds is 6. The molecule has 0 amide bonds. The second-order valence-electron chi connectivity index (χ2n) is 5.03. The van der Waals surface area contributed by atoms with Crippen molar-refractivity contribution in [1.29, 1.82) is 0 Å². The largest absolute Gasteiger partial charge is 0.315 e. The Bertz CT molecular complexity index is 184. The number of nitrogens with zero attached hydrogens (tertiary/aromatic N) is 2. The SMILES string of the molecule is CCCNCC(C)N1CCN(CC)C(C)C1. The van der Waals surface area contributed by atoms with E-state index in [1.807, 2.05) is 0 Å². The van der Waals surface area contributed by atoms with E-state index in [1.165, 1.54) is 32.6 Å². The van der Waals surface area contributed by atoms with Crippen molar-refractivity contribution in [3.05, 3.63) is 0 Å². The molecule has 1 fully saturated rings. The first-order valence-electron chi connectivity index (χ1n) is 6.87. The van der Waals surface area contributed by atoms with E-state index in [9.17, 15) is 0 Å². The standard InChI is InChI=1S/C13H29N3/c1-5-7-14-10-12(3)16-9-8-15(6-2)13(4)11-16/h12-14H,5-11H2,1-4H3. The predicted octanol–water partition coefficient (Wildman–Crippen LogP) is 1.40. The highest BCUT2D eigenvalue weighted by Crippen LogP contribution is 2.11. The number of nitrogens with one attached hydrogen (secondary N) is 1. The molecule has 3 nitrogen and oxygen atoms in total. The Balaban J connectivity index is 2.27. The molecule has 1 heterocycles. The van der Waals surface area contributed by atoms with Crippen LogP contribution in [0.5, 0.6) is 0 Å². The zero-order chi connectivity index (χ0) is 12.0. The molecule has 3 heteroatoms. The molecule has 1 saturated heterocycles. The van der Waals surface area contributed by atoms with E-state index in [2.05, 4.69) is 42.8 Å². The van der Waals surface area contributed by atoms with Crippen LogP contribution in [0.25, 0.3) is 0 Å². The van der Waals surface area contributed by atoms with Crippen LogP contribution < -0.4 is 5.32 Å². The summed E-state index contributed by atoms with van der Waals surface area (Å²) >= 11 is 0. The first-order chi connectivity index (χ1) is 7.69. The highest BCUT2D eigenvalue weighted by molar-refractivity contribution is 4.82. The lowest BCUT2D eigenvalue weighted by Gasteiger charge is -2.42. The van der Waals surface area contributed by atoms with Crippen molar-refractivity contribution in [2.75, 3.05) is 39.3 Å². The second kappa shape index (κ2) is 7.25.